The Balaban J connectivity index is 2.33. The minimum atomic E-state index is -0.360. The summed E-state index contributed by atoms with van der Waals surface area (Å²) in [6.45, 7) is 0. The standard InChI is InChI=1S/C13H7FN4/c14-10-4-1-3-9(7-10)12-11(8-15)13-16-5-2-6-18(13)17-12/h1-7H. The second-order valence-corrected chi connectivity index (χ2v) is 3.73. The number of nitriles is 1. The molecule has 3 aromatic rings. The molecule has 0 spiro atoms. The number of halogens is 1. The average Bonchev–Trinajstić information content (AvgIpc) is 2.77. The Morgan fingerprint density at radius 1 is 1.28 bits per heavy atom. The highest BCUT2D eigenvalue weighted by atomic mass is 19.1. The molecule has 2 heterocycles. The molecule has 0 radical (unpaired) electrons. The number of benzene rings is 1. The van der Waals surface area contributed by atoms with Crippen LogP contribution in [0, 0.1) is 17.1 Å². The third kappa shape index (κ3) is 1.52. The maximum atomic E-state index is 13.2. The largest absolute Gasteiger partial charge is 0.236 e. The van der Waals surface area contributed by atoms with Gasteiger partial charge in [0.25, 0.3) is 0 Å². The topological polar surface area (TPSA) is 54.0 Å². The van der Waals surface area contributed by atoms with Gasteiger partial charge in [-0.25, -0.2) is 13.9 Å². The Bertz CT molecular complexity index is 770. The summed E-state index contributed by atoms with van der Waals surface area (Å²) in [5.74, 6) is -0.360. The first-order chi connectivity index (χ1) is 8.79. The van der Waals surface area contributed by atoms with Crippen LogP contribution in [-0.4, -0.2) is 14.6 Å². The first kappa shape index (κ1) is 10.4. The minimum absolute atomic E-state index is 0.348. The number of nitrogens with zero attached hydrogens (tertiary/aromatic N) is 4. The van der Waals surface area contributed by atoms with E-state index in [4.69, 9.17) is 0 Å². The fraction of sp³-hybridized carbons (Fsp3) is 0. The van der Waals surface area contributed by atoms with Crippen LogP contribution in [0.3, 0.4) is 0 Å². The third-order valence-electron chi connectivity index (χ3n) is 2.61. The van der Waals surface area contributed by atoms with E-state index < -0.39 is 0 Å². The molecule has 4 nitrogen and oxygen atoms in total. The van der Waals surface area contributed by atoms with Crippen molar-refractivity contribution in [2.75, 3.05) is 0 Å². The van der Waals surface area contributed by atoms with Gasteiger partial charge in [0.2, 0.25) is 0 Å². The summed E-state index contributed by atoms with van der Waals surface area (Å²) in [5.41, 5.74) is 1.83. The zero-order valence-electron chi connectivity index (χ0n) is 9.21. The number of hydrogen-bond acceptors (Lipinski definition) is 3. The fourth-order valence-corrected chi connectivity index (χ4v) is 1.83. The zero-order chi connectivity index (χ0) is 12.5. The lowest BCUT2D eigenvalue weighted by atomic mass is 10.1. The van der Waals surface area contributed by atoms with Gasteiger partial charge in [0.15, 0.2) is 5.65 Å². The van der Waals surface area contributed by atoms with Crippen LogP contribution in [0.5, 0.6) is 0 Å². The smallest absolute Gasteiger partial charge is 0.173 e. The van der Waals surface area contributed by atoms with Crippen LogP contribution in [-0.2, 0) is 0 Å². The molecular weight excluding hydrogens is 231 g/mol. The lowest BCUT2D eigenvalue weighted by Crippen LogP contribution is -1.87. The van der Waals surface area contributed by atoms with Gasteiger partial charge < -0.3 is 0 Å². The number of hydrogen-bond donors (Lipinski definition) is 0. The summed E-state index contributed by atoms with van der Waals surface area (Å²) in [7, 11) is 0. The van der Waals surface area contributed by atoms with E-state index in [9.17, 15) is 9.65 Å². The van der Waals surface area contributed by atoms with Crippen molar-refractivity contribution < 1.29 is 4.39 Å². The van der Waals surface area contributed by atoms with Crippen LogP contribution in [0.15, 0.2) is 42.7 Å². The highest BCUT2D eigenvalue weighted by Crippen LogP contribution is 2.24. The van der Waals surface area contributed by atoms with E-state index in [1.54, 1.807) is 30.6 Å². The van der Waals surface area contributed by atoms with E-state index >= 15 is 0 Å². The van der Waals surface area contributed by atoms with E-state index in [0.29, 0.717) is 22.5 Å². The van der Waals surface area contributed by atoms with Gasteiger partial charge in [-0.05, 0) is 18.2 Å². The Kier molecular flexibility index (Phi) is 2.27. The normalized spacial score (nSPS) is 10.4. The average molecular weight is 238 g/mol. The molecule has 1 aromatic carbocycles. The van der Waals surface area contributed by atoms with E-state index in [2.05, 4.69) is 16.2 Å². The monoisotopic (exact) mass is 238 g/mol. The predicted molar refractivity (Wildman–Crippen MR) is 63.1 cm³/mol. The van der Waals surface area contributed by atoms with Crippen LogP contribution >= 0.6 is 0 Å². The Hall–Kier alpha value is -2.74. The molecule has 3 rings (SSSR count). The molecule has 2 aromatic heterocycles. The molecule has 0 aliphatic carbocycles. The van der Waals surface area contributed by atoms with Crippen molar-refractivity contribution >= 4 is 5.65 Å². The van der Waals surface area contributed by atoms with Crippen molar-refractivity contribution in [3.05, 3.63) is 54.1 Å². The molecule has 0 amide bonds. The second kappa shape index (κ2) is 3.93. The van der Waals surface area contributed by atoms with Gasteiger partial charge in [-0.15, -0.1) is 0 Å². The van der Waals surface area contributed by atoms with E-state index in [0.717, 1.165) is 0 Å². The molecule has 0 bridgehead atoms. The van der Waals surface area contributed by atoms with Crippen molar-refractivity contribution in [2.45, 2.75) is 0 Å². The van der Waals surface area contributed by atoms with Gasteiger partial charge in [0, 0.05) is 18.0 Å². The summed E-state index contributed by atoms with van der Waals surface area (Å²) in [4.78, 5) is 4.10. The molecule has 0 fully saturated rings. The first-order valence-electron chi connectivity index (χ1n) is 5.29. The number of aromatic nitrogens is 3. The van der Waals surface area contributed by atoms with Crippen molar-refractivity contribution in [3.63, 3.8) is 0 Å². The molecule has 0 atom stereocenters. The third-order valence-corrected chi connectivity index (χ3v) is 2.61. The first-order valence-corrected chi connectivity index (χ1v) is 5.29. The maximum Gasteiger partial charge on any atom is 0.173 e. The Morgan fingerprint density at radius 2 is 2.17 bits per heavy atom. The molecule has 0 aliphatic rings. The van der Waals surface area contributed by atoms with Gasteiger partial charge >= 0.3 is 0 Å². The maximum absolute atomic E-state index is 13.2. The van der Waals surface area contributed by atoms with Crippen LogP contribution < -0.4 is 0 Å². The molecule has 18 heavy (non-hydrogen) atoms. The van der Waals surface area contributed by atoms with E-state index in [1.807, 2.05) is 0 Å². The Labute approximate surface area is 102 Å². The van der Waals surface area contributed by atoms with Crippen molar-refractivity contribution in [1.29, 1.82) is 5.26 Å². The van der Waals surface area contributed by atoms with Crippen molar-refractivity contribution in [1.82, 2.24) is 14.6 Å². The van der Waals surface area contributed by atoms with E-state index in [1.165, 1.54) is 16.6 Å². The zero-order valence-corrected chi connectivity index (χ0v) is 9.21. The van der Waals surface area contributed by atoms with E-state index in [-0.39, 0.29) is 5.82 Å². The van der Waals surface area contributed by atoms with Gasteiger partial charge in [-0.3, -0.25) is 0 Å². The number of rotatable bonds is 1. The summed E-state index contributed by atoms with van der Waals surface area (Å²) < 4.78 is 14.7. The molecule has 0 saturated carbocycles. The van der Waals surface area contributed by atoms with Crippen LogP contribution in [0.2, 0.25) is 0 Å². The number of fused-ring (bicyclic) bond motifs is 1. The molecule has 0 aliphatic heterocycles. The van der Waals surface area contributed by atoms with Crippen LogP contribution in [0.4, 0.5) is 4.39 Å². The van der Waals surface area contributed by atoms with Gasteiger partial charge in [-0.1, -0.05) is 12.1 Å². The molecule has 5 heteroatoms. The lowest BCUT2D eigenvalue weighted by Gasteiger charge is -1.96. The second-order valence-electron chi connectivity index (χ2n) is 3.73. The molecule has 0 saturated heterocycles. The summed E-state index contributed by atoms with van der Waals surface area (Å²) in [6.07, 6.45) is 3.29. The summed E-state index contributed by atoms with van der Waals surface area (Å²) in [6, 6.07) is 9.79. The van der Waals surface area contributed by atoms with Gasteiger partial charge in [-0.2, -0.15) is 10.4 Å². The molecule has 0 N–H and O–H groups in total. The molecular formula is C13H7FN4. The van der Waals surface area contributed by atoms with Crippen molar-refractivity contribution in [2.24, 2.45) is 0 Å². The fourth-order valence-electron chi connectivity index (χ4n) is 1.83. The molecule has 0 unspecified atom stereocenters. The van der Waals surface area contributed by atoms with Crippen molar-refractivity contribution in [3.8, 4) is 17.3 Å². The van der Waals surface area contributed by atoms with Crippen LogP contribution in [0.25, 0.3) is 16.9 Å². The SMILES string of the molecule is N#Cc1c(-c2cccc(F)c2)nn2cccnc12. The van der Waals surface area contributed by atoms with Crippen LogP contribution in [0.1, 0.15) is 5.56 Å². The highest BCUT2D eigenvalue weighted by Gasteiger charge is 2.15. The highest BCUT2D eigenvalue weighted by molar-refractivity contribution is 5.74. The summed E-state index contributed by atoms with van der Waals surface area (Å²) in [5, 5.41) is 13.5. The predicted octanol–water partition coefficient (Wildman–Crippen LogP) is 2.41. The quantitative estimate of drug-likeness (QED) is 0.654. The minimum Gasteiger partial charge on any atom is -0.236 e. The lowest BCUT2D eigenvalue weighted by molar-refractivity contribution is 0.628. The summed E-state index contributed by atoms with van der Waals surface area (Å²) >= 11 is 0. The van der Waals surface area contributed by atoms with Gasteiger partial charge in [0.1, 0.15) is 23.1 Å². The Morgan fingerprint density at radius 3 is 2.94 bits per heavy atom. The van der Waals surface area contributed by atoms with Gasteiger partial charge in [0.05, 0.1) is 0 Å². The molecule has 86 valence electrons.